The van der Waals surface area contributed by atoms with Gasteiger partial charge in [-0.1, -0.05) is 0 Å². The van der Waals surface area contributed by atoms with Gasteiger partial charge in [-0.2, -0.15) is 0 Å². The van der Waals surface area contributed by atoms with Crippen LogP contribution in [0.4, 0.5) is 8.78 Å². The van der Waals surface area contributed by atoms with Gasteiger partial charge >= 0.3 is 0 Å². The summed E-state index contributed by atoms with van der Waals surface area (Å²) in [7, 11) is 0. The Morgan fingerprint density at radius 3 is 2.54 bits per heavy atom. The molecule has 5 heteroatoms. The number of rotatable bonds is 2. The third-order valence-electron chi connectivity index (χ3n) is 2.48. The lowest BCUT2D eigenvalue weighted by Gasteiger charge is -2.29. The van der Waals surface area contributed by atoms with Crippen molar-refractivity contribution < 1.29 is 13.6 Å². The molecule has 76 valence electrons. The van der Waals surface area contributed by atoms with Gasteiger partial charge in [0.05, 0.1) is 12.1 Å². The van der Waals surface area contributed by atoms with Gasteiger partial charge in [-0.05, 0) is 13.3 Å². The molecule has 2 atom stereocenters. The minimum atomic E-state index is -2.86. The number of carbonyl (C=O) groups is 1. The van der Waals surface area contributed by atoms with Crippen LogP contribution in [0.2, 0.25) is 0 Å². The summed E-state index contributed by atoms with van der Waals surface area (Å²) in [5, 5.41) is 0. The number of amides is 1. The number of alkyl halides is 2. The average Bonchev–Trinajstić information content (AvgIpc) is 2.30. The Hall–Kier alpha value is -0.710. The van der Waals surface area contributed by atoms with Crippen molar-refractivity contribution in [3.8, 4) is 0 Å². The van der Waals surface area contributed by atoms with Crippen molar-refractivity contribution in [3.05, 3.63) is 0 Å². The highest BCUT2D eigenvalue weighted by Crippen LogP contribution is 2.25. The third kappa shape index (κ3) is 1.96. The predicted molar refractivity (Wildman–Crippen MR) is 44.4 cm³/mol. The van der Waals surface area contributed by atoms with Crippen LogP contribution in [0.25, 0.3) is 0 Å². The molecule has 1 heterocycles. The molecule has 0 aromatic rings. The van der Waals surface area contributed by atoms with Crippen LogP contribution >= 0.6 is 0 Å². The third-order valence-corrected chi connectivity index (χ3v) is 2.48. The molecule has 0 aromatic carbocycles. The molecular weight excluding hydrogens is 178 g/mol. The van der Waals surface area contributed by atoms with E-state index in [2.05, 4.69) is 0 Å². The molecule has 1 fully saturated rings. The van der Waals surface area contributed by atoms with Crippen LogP contribution in [0.1, 0.15) is 20.3 Å². The highest BCUT2D eigenvalue weighted by Gasteiger charge is 2.41. The summed E-state index contributed by atoms with van der Waals surface area (Å²) in [5.41, 5.74) is 5.41. The number of carbonyl (C=O) groups excluding carboxylic acids is 1. The van der Waals surface area contributed by atoms with E-state index < -0.39 is 18.0 Å². The van der Waals surface area contributed by atoms with E-state index in [1.165, 1.54) is 6.92 Å². The van der Waals surface area contributed by atoms with Gasteiger partial charge in [0, 0.05) is 13.5 Å². The van der Waals surface area contributed by atoms with Crippen molar-refractivity contribution in [2.24, 2.45) is 5.73 Å². The summed E-state index contributed by atoms with van der Waals surface area (Å²) >= 11 is 0. The Kier molecular flexibility index (Phi) is 2.56. The number of likely N-dealkylation sites (tertiary alicyclic amines) is 1. The van der Waals surface area contributed by atoms with Gasteiger partial charge in [-0.3, -0.25) is 4.79 Å². The van der Waals surface area contributed by atoms with Gasteiger partial charge in [0.1, 0.15) is 0 Å². The average molecular weight is 192 g/mol. The highest BCUT2D eigenvalue weighted by molar-refractivity contribution is 5.84. The summed E-state index contributed by atoms with van der Waals surface area (Å²) in [6.07, 6.45) is 0.471. The molecule has 0 bridgehead atoms. The van der Waals surface area contributed by atoms with Gasteiger partial charge in [-0.15, -0.1) is 0 Å². The summed E-state index contributed by atoms with van der Waals surface area (Å²) in [6.45, 7) is 2.50. The normalized spacial score (nSPS) is 26.7. The van der Waals surface area contributed by atoms with Gasteiger partial charge < -0.3 is 10.6 Å². The van der Waals surface area contributed by atoms with E-state index in [1.807, 2.05) is 0 Å². The lowest BCUT2D eigenvalue weighted by atomic mass is 10.2. The molecule has 0 spiro atoms. The largest absolute Gasteiger partial charge is 0.333 e. The van der Waals surface area contributed by atoms with Crippen molar-refractivity contribution in [1.29, 1.82) is 0 Å². The van der Waals surface area contributed by atoms with E-state index in [-0.39, 0.29) is 5.91 Å². The number of nitrogens with two attached hydrogens (primary N) is 1. The van der Waals surface area contributed by atoms with Crippen LogP contribution in [0.5, 0.6) is 0 Å². The van der Waals surface area contributed by atoms with Crippen molar-refractivity contribution in [3.63, 3.8) is 0 Å². The van der Waals surface area contributed by atoms with Gasteiger partial charge in [0.2, 0.25) is 5.91 Å². The first-order valence-electron chi connectivity index (χ1n) is 4.28. The number of hydrogen-bond acceptors (Lipinski definition) is 2. The zero-order valence-corrected chi connectivity index (χ0v) is 7.76. The molecule has 0 aliphatic carbocycles. The topological polar surface area (TPSA) is 46.3 Å². The molecule has 0 saturated carbocycles. The van der Waals surface area contributed by atoms with E-state index in [0.29, 0.717) is 13.0 Å². The summed E-state index contributed by atoms with van der Waals surface area (Å²) in [4.78, 5) is 12.4. The van der Waals surface area contributed by atoms with Gasteiger partial charge in [0.15, 0.2) is 0 Å². The van der Waals surface area contributed by atoms with Crippen LogP contribution < -0.4 is 5.73 Å². The maximum atomic E-state index is 12.8. The van der Waals surface area contributed by atoms with Crippen LogP contribution in [-0.2, 0) is 4.79 Å². The van der Waals surface area contributed by atoms with Crippen LogP contribution in [0.15, 0.2) is 0 Å². The molecule has 1 rings (SSSR count). The maximum absolute atomic E-state index is 12.8. The molecule has 1 amide bonds. The van der Waals surface area contributed by atoms with Crippen LogP contribution in [0, 0.1) is 0 Å². The molecule has 0 radical (unpaired) electrons. The molecule has 3 nitrogen and oxygen atoms in total. The van der Waals surface area contributed by atoms with E-state index in [9.17, 15) is 13.6 Å². The minimum absolute atomic E-state index is 0.338. The van der Waals surface area contributed by atoms with E-state index in [4.69, 9.17) is 5.73 Å². The molecule has 1 aliphatic rings. The number of halogens is 2. The number of hydrogen-bond donors (Lipinski definition) is 1. The zero-order chi connectivity index (χ0) is 10.2. The Labute approximate surface area is 75.9 Å². The van der Waals surface area contributed by atoms with Crippen molar-refractivity contribution in [2.75, 3.05) is 6.54 Å². The van der Waals surface area contributed by atoms with Crippen LogP contribution in [0.3, 0.4) is 0 Å². The fraction of sp³-hybridized carbons (Fsp3) is 0.875. The molecule has 1 aliphatic heterocycles. The molecule has 2 unspecified atom stereocenters. The van der Waals surface area contributed by atoms with E-state index >= 15 is 0 Å². The summed E-state index contributed by atoms with van der Waals surface area (Å²) in [5.74, 6) is -3.23. The Balaban J connectivity index is 2.69. The number of nitrogens with zero attached hydrogens (tertiary/aromatic N) is 1. The monoisotopic (exact) mass is 192 g/mol. The van der Waals surface area contributed by atoms with Gasteiger partial charge in [-0.25, -0.2) is 8.78 Å². The predicted octanol–water partition coefficient (Wildman–Crippen LogP) is 0.590. The smallest absolute Gasteiger partial charge is 0.265 e. The summed E-state index contributed by atoms with van der Waals surface area (Å²) < 4.78 is 25.7. The Morgan fingerprint density at radius 1 is 1.69 bits per heavy atom. The Morgan fingerprint density at radius 2 is 2.23 bits per heavy atom. The fourth-order valence-electron chi connectivity index (χ4n) is 1.38. The first-order valence-corrected chi connectivity index (χ1v) is 4.28. The van der Waals surface area contributed by atoms with Crippen molar-refractivity contribution in [2.45, 2.75) is 38.3 Å². The molecular formula is C8H14F2N2O. The first kappa shape index (κ1) is 10.4. The second-order valence-corrected chi connectivity index (χ2v) is 3.56. The summed E-state index contributed by atoms with van der Waals surface area (Å²) in [6, 6.07) is -1.65. The SMILES string of the molecule is CC(N1CCC(N)C1=O)C(C)(F)F. The molecule has 2 N–H and O–H groups in total. The van der Waals surface area contributed by atoms with Crippen molar-refractivity contribution in [1.82, 2.24) is 4.90 Å². The van der Waals surface area contributed by atoms with Crippen LogP contribution in [-0.4, -0.2) is 35.4 Å². The Bertz CT molecular complexity index is 215. The van der Waals surface area contributed by atoms with E-state index in [1.54, 1.807) is 0 Å². The second-order valence-electron chi connectivity index (χ2n) is 3.56. The molecule has 1 saturated heterocycles. The van der Waals surface area contributed by atoms with E-state index in [0.717, 1.165) is 11.8 Å². The quantitative estimate of drug-likeness (QED) is 0.696. The lowest BCUT2D eigenvalue weighted by molar-refractivity contribution is -0.138. The lowest BCUT2D eigenvalue weighted by Crippen LogP contribution is -2.47. The first-order chi connectivity index (χ1) is 5.84. The van der Waals surface area contributed by atoms with Crippen molar-refractivity contribution >= 4 is 5.91 Å². The molecule has 13 heavy (non-hydrogen) atoms. The second kappa shape index (κ2) is 3.21. The minimum Gasteiger partial charge on any atom is -0.333 e. The zero-order valence-electron chi connectivity index (χ0n) is 7.76. The standard InChI is InChI=1S/C8H14F2N2O/c1-5(8(2,9)10)12-4-3-6(11)7(12)13/h5-6H,3-4,11H2,1-2H3. The fourth-order valence-corrected chi connectivity index (χ4v) is 1.38. The van der Waals surface area contributed by atoms with Gasteiger partial charge in [0.25, 0.3) is 5.92 Å². The highest BCUT2D eigenvalue weighted by atomic mass is 19.3. The maximum Gasteiger partial charge on any atom is 0.265 e. The molecule has 0 aromatic heterocycles.